The number of hydrogen-bond acceptors (Lipinski definition) is 1. The van der Waals surface area contributed by atoms with Gasteiger partial charge in [-0.1, -0.05) is 26.2 Å². The molecule has 78 valence electrons. The molecule has 2 nitrogen and oxygen atoms in total. The Hall–Kier alpha value is -0.500. The monoisotopic (exact) mass is 212 g/mol. The van der Waals surface area contributed by atoms with Gasteiger partial charge in [-0.3, -0.25) is 0 Å². The topological polar surface area (TPSA) is 28.7 Å². The Balaban J connectivity index is 2.19. The van der Waals surface area contributed by atoms with Crippen molar-refractivity contribution in [2.45, 2.75) is 50.3 Å². The molecule has 0 amide bonds. The highest BCUT2D eigenvalue weighted by Crippen LogP contribution is 2.37. The predicted molar refractivity (Wildman–Crippen MR) is 58.6 cm³/mol. The lowest BCUT2D eigenvalue weighted by Gasteiger charge is -2.31. The fourth-order valence-electron chi connectivity index (χ4n) is 2.30. The zero-order valence-corrected chi connectivity index (χ0v) is 9.40. The minimum absolute atomic E-state index is 0.266. The van der Waals surface area contributed by atoms with Crippen LogP contribution in [0.25, 0.3) is 0 Å². The standard InChI is InChI=1S/C11H17ClN2/c1-11(5-3-2-4-6-11)10-13-8-9(7-12)14-10/h8H,2-7H2,1H3,(H,13,14). The molecule has 0 spiro atoms. The van der Waals surface area contributed by atoms with Crippen LogP contribution in [0.4, 0.5) is 0 Å². The van der Waals surface area contributed by atoms with E-state index in [1.165, 1.54) is 32.1 Å². The second kappa shape index (κ2) is 3.93. The zero-order valence-electron chi connectivity index (χ0n) is 8.65. The third-order valence-electron chi connectivity index (χ3n) is 3.30. The van der Waals surface area contributed by atoms with Crippen LogP contribution in [-0.4, -0.2) is 9.97 Å². The van der Waals surface area contributed by atoms with Gasteiger partial charge in [0.1, 0.15) is 5.82 Å². The second-order valence-electron chi connectivity index (χ2n) is 4.51. The lowest BCUT2D eigenvalue weighted by Crippen LogP contribution is -2.26. The SMILES string of the molecule is CC1(c2ncc(CCl)[nH]2)CCCCC1. The molecule has 0 unspecified atom stereocenters. The molecule has 0 saturated heterocycles. The molecule has 1 saturated carbocycles. The number of hydrogen-bond donors (Lipinski definition) is 1. The van der Waals surface area contributed by atoms with Crippen molar-refractivity contribution in [3.05, 3.63) is 17.7 Å². The van der Waals surface area contributed by atoms with Crippen molar-refractivity contribution >= 4 is 11.6 Å². The first-order valence-electron chi connectivity index (χ1n) is 5.35. The van der Waals surface area contributed by atoms with Crippen molar-refractivity contribution < 1.29 is 0 Å². The molecule has 0 aromatic carbocycles. The fraction of sp³-hybridized carbons (Fsp3) is 0.727. The van der Waals surface area contributed by atoms with Gasteiger partial charge >= 0.3 is 0 Å². The second-order valence-corrected chi connectivity index (χ2v) is 4.78. The van der Waals surface area contributed by atoms with Crippen molar-refractivity contribution in [3.63, 3.8) is 0 Å². The van der Waals surface area contributed by atoms with Crippen LogP contribution in [0, 0.1) is 0 Å². The van der Waals surface area contributed by atoms with E-state index in [2.05, 4.69) is 16.9 Å². The van der Waals surface area contributed by atoms with E-state index < -0.39 is 0 Å². The fourth-order valence-corrected chi connectivity index (χ4v) is 2.44. The van der Waals surface area contributed by atoms with Gasteiger partial charge in [0.05, 0.1) is 5.88 Å². The Labute approximate surface area is 90.1 Å². The summed E-state index contributed by atoms with van der Waals surface area (Å²) in [6, 6.07) is 0. The van der Waals surface area contributed by atoms with Gasteiger partial charge in [0.25, 0.3) is 0 Å². The Bertz CT molecular complexity index is 300. The van der Waals surface area contributed by atoms with Gasteiger partial charge in [-0.2, -0.15) is 0 Å². The van der Waals surface area contributed by atoms with Crippen LogP contribution in [0.3, 0.4) is 0 Å². The van der Waals surface area contributed by atoms with Crippen LogP contribution in [0.5, 0.6) is 0 Å². The normalized spacial score (nSPS) is 21.0. The average Bonchev–Trinajstić information content (AvgIpc) is 2.67. The lowest BCUT2D eigenvalue weighted by molar-refractivity contribution is 0.305. The summed E-state index contributed by atoms with van der Waals surface area (Å²) in [5.74, 6) is 1.66. The number of halogens is 1. The van der Waals surface area contributed by atoms with Crippen molar-refractivity contribution in [2.75, 3.05) is 0 Å². The maximum absolute atomic E-state index is 5.75. The van der Waals surface area contributed by atoms with Crippen LogP contribution in [0.1, 0.15) is 50.5 Å². The molecule has 0 bridgehead atoms. The molecular formula is C11H17ClN2. The first-order valence-corrected chi connectivity index (χ1v) is 5.88. The highest BCUT2D eigenvalue weighted by atomic mass is 35.5. The van der Waals surface area contributed by atoms with Gasteiger partial charge in [0.15, 0.2) is 0 Å². The van der Waals surface area contributed by atoms with E-state index in [4.69, 9.17) is 11.6 Å². The summed E-state index contributed by atoms with van der Waals surface area (Å²) in [5, 5.41) is 0. The summed E-state index contributed by atoms with van der Waals surface area (Å²) in [6.45, 7) is 2.31. The Kier molecular flexibility index (Phi) is 2.82. The molecule has 0 atom stereocenters. The molecule has 14 heavy (non-hydrogen) atoms. The molecule has 1 fully saturated rings. The lowest BCUT2D eigenvalue weighted by atomic mass is 9.75. The van der Waals surface area contributed by atoms with Gasteiger partial charge in [0.2, 0.25) is 0 Å². The quantitative estimate of drug-likeness (QED) is 0.749. The van der Waals surface area contributed by atoms with Crippen LogP contribution >= 0.6 is 11.6 Å². The number of aromatic amines is 1. The smallest absolute Gasteiger partial charge is 0.112 e. The summed E-state index contributed by atoms with van der Waals surface area (Å²) in [6.07, 6.45) is 8.39. The summed E-state index contributed by atoms with van der Waals surface area (Å²) in [7, 11) is 0. The first kappa shape index (κ1) is 10.0. The van der Waals surface area contributed by atoms with Crippen molar-refractivity contribution in [1.29, 1.82) is 0 Å². The van der Waals surface area contributed by atoms with Crippen molar-refractivity contribution in [1.82, 2.24) is 9.97 Å². The highest BCUT2D eigenvalue weighted by molar-refractivity contribution is 6.16. The number of rotatable bonds is 2. The molecule has 0 radical (unpaired) electrons. The summed E-state index contributed by atoms with van der Waals surface area (Å²) in [5.41, 5.74) is 1.30. The molecule has 1 aliphatic carbocycles. The van der Waals surface area contributed by atoms with Crippen LogP contribution in [0.15, 0.2) is 6.20 Å². The molecule has 1 aromatic heterocycles. The molecule has 0 aliphatic heterocycles. The van der Waals surface area contributed by atoms with E-state index in [0.29, 0.717) is 5.88 Å². The van der Waals surface area contributed by atoms with Crippen LogP contribution in [0.2, 0.25) is 0 Å². The average molecular weight is 213 g/mol. The first-order chi connectivity index (χ1) is 6.74. The van der Waals surface area contributed by atoms with Crippen LogP contribution in [-0.2, 0) is 11.3 Å². The van der Waals surface area contributed by atoms with E-state index in [-0.39, 0.29) is 5.41 Å². The molecule has 1 aliphatic rings. The number of aromatic nitrogens is 2. The summed E-state index contributed by atoms with van der Waals surface area (Å²) in [4.78, 5) is 7.77. The number of H-pyrrole nitrogens is 1. The molecular weight excluding hydrogens is 196 g/mol. The maximum atomic E-state index is 5.75. The number of nitrogens with zero attached hydrogens (tertiary/aromatic N) is 1. The van der Waals surface area contributed by atoms with E-state index in [0.717, 1.165) is 11.5 Å². The number of imidazole rings is 1. The number of alkyl halides is 1. The third-order valence-corrected chi connectivity index (χ3v) is 3.59. The summed E-state index contributed by atoms with van der Waals surface area (Å²) >= 11 is 5.75. The molecule has 1 N–H and O–H groups in total. The van der Waals surface area contributed by atoms with Crippen LogP contribution < -0.4 is 0 Å². The largest absolute Gasteiger partial charge is 0.344 e. The molecule has 1 heterocycles. The van der Waals surface area contributed by atoms with E-state index >= 15 is 0 Å². The zero-order chi connectivity index (χ0) is 10.0. The Morgan fingerprint density at radius 3 is 2.71 bits per heavy atom. The molecule has 2 rings (SSSR count). The van der Waals surface area contributed by atoms with Gasteiger partial charge < -0.3 is 4.98 Å². The molecule has 3 heteroatoms. The van der Waals surface area contributed by atoms with Crippen molar-refractivity contribution in [2.24, 2.45) is 0 Å². The van der Waals surface area contributed by atoms with Gasteiger partial charge in [-0.15, -0.1) is 11.6 Å². The molecule has 1 aromatic rings. The van der Waals surface area contributed by atoms with Gasteiger partial charge in [-0.25, -0.2) is 4.98 Å². The van der Waals surface area contributed by atoms with E-state index in [1.54, 1.807) is 0 Å². The summed E-state index contributed by atoms with van der Waals surface area (Å²) < 4.78 is 0. The highest BCUT2D eigenvalue weighted by Gasteiger charge is 2.31. The minimum atomic E-state index is 0.266. The predicted octanol–water partition coefficient (Wildman–Crippen LogP) is 3.37. The van der Waals surface area contributed by atoms with E-state index in [1.807, 2.05) is 6.20 Å². The number of nitrogens with one attached hydrogen (secondary N) is 1. The third kappa shape index (κ3) is 1.81. The maximum Gasteiger partial charge on any atom is 0.112 e. The minimum Gasteiger partial charge on any atom is -0.344 e. The Morgan fingerprint density at radius 2 is 2.14 bits per heavy atom. The van der Waals surface area contributed by atoms with Gasteiger partial charge in [0, 0.05) is 17.3 Å². The van der Waals surface area contributed by atoms with E-state index in [9.17, 15) is 0 Å². The Morgan fingerprint density at radius 1 is 1.43 bits per heavy atom. The van der Waals surface area contributed by atoms with Gasteiger partial charge in [-0.05, 0) is 12.8 Å². The van der Waals surface area contributed by atoms with Crippen molar-refractivity contribution in [3.8, 4) is 0 Å².